The van der Waals surface area contributed by atoms with Gasteiger partial charge >= 0.3 is 0 Å². The van der Waals surface area contributed by atoms with Crippen LogP contribution in [0.5, 0.6) is 5.75 Å². The first kappa shape index (κ1) is 23.2. The SMILES string of the molecule is NSc1ccc(OC(C(=Nc2nc(C=O)cs2)C2CCCCC2)=C(N)c2ccccc2)cc1. The number of ether oxygens (including phenoxy) is 1. The van der Waals surface area contributed by atoms with Crippen LogP contribution in [0.3, 0.4) is 0 Å². The number of carbonyl (C=O) groups excluding carboxylic acids is 1. The Bertz CT molecular complexity index is 1130. The molecule has 4 rings (SSSR count). The minimum absolute atomic E-state index is 0.193. The van der Waals surface area contributed by atoms with Crippen LogP contribution in [-0.2, 0) is 0 Å². The summed E-state index contributed by atoms with van der Waals surface area (Å²) in [5.41, 5.74) is 9.24. The third-order valence-corrected chi connectivity index (χ3v) is 6.88. The van der Waals surface area contributed by atoms with Crippen molar-refractivity contribution in [3.05, 3.63) is 77.0 Å². The van der Waals surface area contributed by atoms with Crippen LogP contribution in [0.25, 0.3) is 5.70 Å². The van der Waals surface area contributed by atoms with Gasteiger partial charge in [0.25, 0.3) is 0 Å². The van der Waals surface area contributed by atoms with E-state index in [2.05, 4.69) is 4.98 Å². The fourth-order valence-electron chi connectivity index (χ4n) is 3.89. The Labute approximate surface area is 201 Å². The Balaban J connectivity index is 1.83. The highest BCUT2D eigenvalue weighted by molar-refractivity contribution is 7.97. The lowest BCUT2D eigenvalue weighted by Gasteiger charge is -2.26. The zero-order chi connectivity index (χ0) is 23.0. The van der Waals surface area contributed by atoms with Crippen molar-refractivity contribution < 1.29 is 9.53 Å². The van der Waals surface area contributed by atoms with E-state index >= 15 is 0 Å². The number of allylic oxidation sites excluding steroid dienone is 1. The average Bonchev–Trinajstić information content (AvgIpc) is 3.35. The van der Waals surface area contributed by atoms with Crippen LogP contribution >= 0.6 is 23.3 Å². The number of thiazole rings is 1. The molecule has 0 atom stereocenters. The summed E-state index contributed by atoms with van der Waals surface area (Å²) in [7, 11) is 0. The van der Waals surface area contributed by atoms with E-state index < -0.39 is 0 Å². The second kappa shape index (κ2) is 11.3. The summed E-state index contributed by atoms with van der Waals surface area (Å²) in [5.74, 6) is 1.38. The topological polar surface area (TPSA) is 104 Å². The van der Waals surface area contributed by atoms with Crippen molar-refractivity contribution in [3.8, 4) is 5.75 Å². The van der Waals surface area contributed by atoms with Crippen molar-refractivity contribution >= 4 is 46.1 Å². The molecule has 8 heteroatoms. The van der Waals surface area contributed by atoms with E-state index in [9.17, 15) is 4.79 Å². The summed E-state index contributed by atoms with van der Waals surface area (Å²) in [6.07, 6.45) is 6.20. The predicted molar refractivity (Wildman–Crippen MR) is 136 cm³/mol. The number of hydrogen-bond donors (Lipinski definition) is 2. The zero-order valence-corrected chi connectivity index (χ0v) is 19.8. The van der Waals surface area contributed by atoms with Crippen LogP contribution in [0.1, 0.15) is 48.2 Å². The van der Waals surface area contributed by atoms with E-state index in [1.165, 1.54) is 29.7 Å². The van der Waals surface area contributed by atoms with E-state index in [-0.39, 0.29) is 5.92 Å². The van der Waals surface area contributed by atoms with E-state index in [0.717, 1.165) is 48.1 Å². The number of carbonyl (C=O) groups is 1. The van der Waals surface area contributed by atoms with Crippen molar-refractivity contribution in [2.75, 3.05) is 0 Å². The van der Waals surface area contributed by atoms with Gasteiger partial charge in [-0.25, -0.2) is 9.98 Å². The molecule has 1 aliphatic carbocycles. The Hall–Kier alpha value is -2.94. The van der Waals surface area contributed by atoms with Crippen LogP contribution in [0.15, 0.2) is 75.6 Å². The van der Waals surface area contributed by atoms with E-state index in [1.54, 1.807) is 5.38 Å². The number of benzene rings is 2. The standard InChI is InChI=1S/C25H26N4O2S2/c26-22(17-7-3-1-4-8-17)24(31-20-11-13-21(33-27)14-12-20)23(18-9-5-2-6-10-18)29-25-28-19(15-30)16-32-25/h1,3-4,7-8,11-16,18H,2,5-6,9-10,26-27H2. The minimum Gasteiger partial charge on any atom is -0.453 e. The first-order valence-electron chi connectivity index (χ1n) is 10.9. The van der Waals surface area contributed by atoms with Gasteiger partial charge in [-0.2, -0.15) is 0 Å². The summed E-state index contributed by atoms with van der Waals surface area (Å²) in [5, 5.41) is 7.90. The number of nitrogens with two attached hydrogens (primary N) is 2. The highest BCUT2D eigenvalue weighted by atomic mass is 32.2. The fraction of sp³-hybridized carbons (Fsp3) is 0.240. The van der Waals surface area contributed by atoms with Crippen molar-refractivity contribution in [1.29, 1.82) is 0 Å². The van der Waals surface area contributed by atoms with Gasteiger partial charge in [0.15, 0.2) is 12.0 Å². The van der Waals surface area contributed by atoms with E-state index in [0.29, 0.717) is 28.0 Å². The van der Waals surface area contributed by atoms with Gasteiger partial charge in [0, 0.05) is 21.8 Å². The summed E-state index contributed by atoms with van der Waals surface area (Å²) in [6.45, 7) is 0. The number of aliphatic imine (C=N–C) groups is 1. The van der Waals surface area contributed by atoms with Crippen LogP contribution in [-0.4, -0.2) is 17.0 Å². The van der Waals surface area contributed by atoms with Crippen molar-refractivity contribution in [1.82, 2.24) is 4.98 Å². The Kier molecular flexibility index (Phi) is 7.93. The maximum absolute atomic E-state index is 11.2. The average molecular weight is 479 g/mol. The third-order valence-electron chi connectivity index (χ3n) is 5.58. The fourth-order valence-corrected chi connectivity index (χ4v) is 4.82. The van der Waals surface area contributed by atoms with E-state index in [1.807, 2.05) is 54.6 Å². The second-order valence-electron chi connectivity index (χ2n) is 7.80. The van der Waals surface area contributed by atoms with Crippen LogP contribution in [0, 0.1) is 5.92 Å². The van der Waals surface area contributed by atoms with Crippen LogP contribution in [0.4, 0.5) is 5.13 Å². The molecule has 0 saturated heterocycles. The predicted octanol–water partition coefficient (Wildman–Crippen LogP) is 5.98. The molecule has 3 aromatic rings. The molecule has 170 valence electrons. The van der Waals surface area contributed by atoms with Gasteiger partial charge in [-0.15, -0.1) is 11.3 Å². The second-order valence-corrected chi connectivity index (χ2v) is 9.35. The Morgan fingerprint density at radius 2 is 1.82 bits per heavy atom. The molecule has 1 fully saturated rings. The highest BCUT2D eigenvalue weighted by Crippen LogP contribution is 2.33. The summed E-state index contributed by atoms with van der Waals surface area (Å²) in [6, 6.07) is 17.3. The van der Waals surface area contributed by atoms with Gasteiger partial charge in [-0.1, -0.05) is 49.6 Å². The highest BCUT2D eigenvalue weighted by Gasteiger charge is 2.27. The number of aromatic nitrogens is 1. The van der Waals surface area contributed by atoms with Crippen molar-refractivity contribution in [2.45, 2.75) is 37.0 Å². The Morgan fingerprint density at radius 3 is 2.45 bits per heavy atom. The molecule has 4 N–H and O–H groups in total. The molecule has 0 unspecified atom stereocenters. The molecule has 0 aliphatic heterocycles. The molecular formula is C25H26N4O2S2. The molecule has 0 radical (unpaired) electrons. The number of nitrogens with zero attached hydrogens (tertiary/aromatic N) is 2. The first-order chi connectivity index (χ1) is 16.2. The lowest BCUT2D eigenvalue weighted by Crippen LogP contribution is -2.25. The maximum atomic E-state index is 11.2. The third kappa shape index (κ3) is 5.90. The Morgan fingerprint density at radius 1 is 1.09 bits per heavy atom. The van der Waals surface area contributed by atoms with Gasteiger partial charge < -0.3 is 10.5 Å². The quantitative estimate of drug-likeness (QED) is 0.179. The van der Waals surface area contributed by atoms with Gasteiger partial charge in [0.2, 0.25) is 5.13 Å². The molecule has 1 heterocycles. The minimum atomic E-state index is 0.193. The number of rotatable bonds is 8. The number of hydrogen-bond acceptors (Lipinski definition) is 8. The molecule has 0 bridgehead atoms. The van der Waals surface area contributed by atoms with Gasteiger partial charge in [-0.3, -0.25) is 9.93 Å². The first-order valence-corrected chi connectivity index (χ1v) is 12.6. The van der Waals surface area contributed by atoms with E-state index in [4.69, 9.17) is 20.6 Å². The van der Waals surface area contributed by atoms with Crippen LogP contribution < -0.4 is 15.6 Å². The van der Waals surface area contributed by atoms with Crippen molar-refractivity contribution in [2.24, 2.45) is 21.8 Å². The molecular weight excluding hydrogens is 452 g/mol. The summed E-state index contributed by atoms with van der Waals surface area (Å²) >= 11 is 2.52. The monoisotopic (exact) mass is 478 g/mol. The molecule has 1 aliphatic rings. The molecule has 0 spiro atoms. The molecule has 33 heavy (non-hydrogen) atoms. The smallest absolute Gasteiger partial charge is 0.210 e. The largest absolute Gasteiger partial charge is 0.453 e. The van der Waals surface area contributed by atoms with Crippen LogP contribution in [0.2, 0.25) is 0 Å². The molecule has 1 aromatic heterocycles. The van der Waals surface area contributed by atoms with Crippen molar-refractivity contribution in [3.63, 3.8) is 0 Å². The summed E-state index contributed by atoms with van der Waals surface area (Å²) < 4.78 is 6.43. The summed E-state index contributed by atoms with van der Waals surface area (Å²) in [4.78, 5) is 21.3. The zero-order valence-electron chi connectivity index (χ0n) is 18.1. The van der Waals surface area contributed by atoms with Gasteiger partial charge in [0.05, 0.1) is 11.4 Å². The molecule has 6 nitrogen and oxygen atoms in total. The lowest BCUT2D eigenvalue weighted by atomic mass is 9.84. The lowest BCUT2D eigenvalue weighted by molar-refractivity contribution is 0.111. The maximum Gasteiger partial charge on any atom is 0.210 e. The number of aldehydes is 1. The van der Waals surface area contributed by atoms with Gasteiger partial charge in [-0.05, 0) is 49.1 Å². The molecule has 2 aromatic carbocycles. The molecule has 1 saturated carbocycles. The molecule has 0 amide bonds. The normalized spacial score (nSPS) is 15.7. The van der Waals surface area contributed by atoms with Gasteiger partial charge in [0.1, 0.15) is 11.4 Å².